The van der Waals surface area contributed by atoms with E-state index in [1.165, 1.54) is 6.07 Å². The summed E-state index contributed by atoms with van der Waals surface area (Å²) in [6, 6.07) is 5.20. The Hall–Kier alpha value is -2.22. The largest absolute Gasteiger partial charge is 0.444 e. The predicted octanol–water partition coefficient (Wildman–Crippen LogP) is 2.80. The van der Waals surface area contributed by atoms with Gasteiger partial charge in [0.1, 0.15) is 11.7 Å². The first-order valence-electron chi connectivity index (χ1n) is 5.53. The van der Waals surface area contributed by atoms with Crippen LogP contribution in [0.25, 0.3) is 0 Å². The van der Waals surface area contributed by atoms with Crippen molar-refractivity contribution in [1.82, 2.24) is 0 Å². The summed E-state index contributed by atoms with van der Waals surface area (Å²) < 4.78 is 5.12. The molecular formula is C13H17N3O2. The van der Waals surface area contributed by atoms with Crippen molar-refractivity contribution >= 4 is 17.5 Å². The van der Waals surface area contributed by atoms with Crippen LogP contribution in [-0.4, -0.2) is 11.7 Å². The van der Waals surface area contributed by atoms with Crippen LogP contribution in [0, 0.1) is 18.3 Å². The van der Waals surface area contributed by atoms with Crippen molar-refractivity contribution in [3.63, 3.8) is 0 Å². The highest BCUT2D eigenvalue weighted by molar-refractivity contribution is 5.86. The van der Waals surface area contributed by atoms with E-state index in [1.54, 1.807) is 33.8 Å². The number of nitrogen functional groups attached to an aromatic ring is 1. The van der Waals surface area contributed by atoms with Crippen LogP contribution in [0.2, 0.25) is 0 Å². The Kier molecular flexibility index (Phi) is 3.82. The quantitative estimate of drug-likeness (QED) is 0.747. The molecule has 1 aromatic carbocycles. The molecule has 0 saturated carbocycles. The number of carbonyl (C=O) groups excluding carboxylic acids is 1. The second kappa shape index (κ2) is 4.96. The second-order valence-electron chi connectivity index (χ2n) is 4.99. The molecule has 0 aliphatic rings. The van der Waals surface area contributed by atoms with E-state index >= 15 is 0 Å². The number of hydrogen-bond acceptors (Lipinski definition) is 4. The van der Waals surface area contributed by atoms with Crippen molar-refractivity contribution in [3.8, 4) is 6.07 Å². The van der Waals surface area contributed by atoms with Crippen molar-refractivity contribution in [2.24, 2.45) is 0 Å². The summed E-state index contributed by atoms with van der Waals surface area (Å²) in [5, 5.41) is 11.5. The van der Waals surface area contributed by atoms with Gasteiger partial charge in [-0.2, -0.15) is 5.26 Å². The highest BCUT2D eigenvalue weighted by Gasteiger charge is 2.16. The van der Waals surface area contributed by atoms with E-state index < -0.39 is 11.7 Å². The molecule has 0 saturated heterocycles. The lowest BCUT2D eigenvalue weighted by atomic mass is 10.1. The van der Waals surface area contributed by atoms with Crippen molar-refractivity contribution in [2.45, 2.75) is 33.3 Å². The molecule has 1 amide bonds. The highest BCUT2D eigenvalue weighted by Crippen LogP contribution is 2.22. The summed E-state index contributed by atoms with van der Waals surface area (Å²) in [5.74, 6) is 0. The monoisotopic (exact) mass is 247 g/mol. The van der Waals surface area contributed by atoms with Gasteiger partial charge in [-0.05, 0) is 45.4 Å². The first kappa shape index (κ1) is 13.8. The second-order valence-corrected chi connectivity index (χ2v) is 4.99. The molecule has 0 radical (unpaired) electrons. The molecular weight excluding hydrogens is 230 g/mol. The van der Waals surface area contributed by atoms with Crippen LogP contribution in [0.4, 0.5) is 16.2 Å². The number of nitrogens with zero attached hydrogens (tertiary/aromatic N) is 1. The number of nitrogens with one attached hydrogen (secondary N) is 1. The first-order chi connectivity index (χ1) is 8.23. The number of ether oxygens (including phenoxy) is 1. The number of hydrogen-bond donors (Lipinski definition) is 2. The van der Waals surface area contributed by atoms with Crippen LogP contribution in [-0.2, 0) is 4.74 Å². The summed E-state index contributed by atoms with van der Waals surface area (Å²) in [7, 11) is 0. The lowest BCUT2D eigenvalue weighted by Gasteiger charge is -2.20. The molecule has 96 valence electrons. The molecule has 0 bridgehead atoms. The number of anilines is 2. The molecule has 18 heavy (non-hydrogen) atoms. The van der Waals surface area contributed by atoms with E-state index in [1.807, 2.05) is 6.07 Å². The summed E-state index contributed by atoms with van der Waals surface area (Å²) in [4.78, 5) is 11.6. The Morgan fingerprint density at radius 3 is 2.56 bits per heavy atom. The van der Waals surface area contributed by atoms with Gasteiger partial charge in [0.15, 0.2) is 0 Å². The molecule has 5 nitrogen and oxygen atoms in total. The van der Waals surface area contributed by atoms with Gasteiger partial charge >= 0.3 is 6.09 Å². The molecule has 1 rings (SSSR count). The fourth-order valence-electron chi connectivity index (χ4n) is 1.38. The van der Waals surface area contributed by atoms with Gasteiger partial charge < -0.3 is 10.5 Å². The van der Waals surface area contributed by atoms with Gasteiger partial charge in [0.25, 0.3) is 0 Å². The normalized spacial score (nSPS) is 10.6. The minimum Gasteiger partial charge on any atom is -0.444 e. The Bertz CT molecular complexity index is 510. The van der Waals surface area contributed by atoms with Crippen molar-refractivity contribution in [1.29, 1.82) is 5.26 Å². The summed E-state index contributed by atoms with van der Waals surface area (Å²) in [6.07, 6.45) is -0.560. The summed E-state index contributed by atoms with van der Waals surface area (Å²) in [5.41, 5.74) is 7.15. The van der Waals surface area contributed by atoms with E-state index in [0.29, 0.717) is 16.9 Å². The Morgan fingerprint density at radius 2 is 2.06 bits per heavy atom. The van der Waals surface area contributed by atoms with E-state index in [-0.39, 0.29) is 0 Å². The maximum Gasteiger partial charge on any atom is 0.412 e. The van der Waals surface area contributed by atoms with Crippen molar-refractivity contribution in [3.05, 3.63) is 23.3 Å². The number of amides is 1. The number of nitrogens with two attached hydrogens (primary N) is 1. The van der Waals surface area contributed by atoms with E-state index in [2.05, 4.69) is 5.32 Å². The molecule has 0 aromatic heterocycles. The number of rotatable bonds is 1. The molecule has 0 unspecified atom stereocenters. The molecule has 0 atom stereocenters. The summed E-state index contributed by atoms with van der Waals surface area (Å²) in [6.45, 7) is 7.11. The molecule has 5 heteroatoms. The standard InChI is InChI=1S/C13H17N3O2/c1-8-5-10(6-9(7-14)11(8)15)16-12(17)18-13(2,3)4/h5-6H,15H2,1-4H3,(H,16,17). The van der Waals surface area contributed by atoms with Gasteiger partial charge in [-0.3, -0.25) is 5.32 Å². The average Bonchev–Trinajstić information content (AvgIpc) is 2.20. The van der Waals surface area contributed by atoms with Gasteiger partial charge in [-0.1, -0.05) is 0 Å². The van der Waals surface area contributed by atoms with Crippen molar-refractivity contribution in [2.75, 3.05) is 11.1 Å². The fraction of sp³-hybridized carbons (Fsp3) is 0.385. The molecule has 0 aliphatic carbocycles. The van der Waals surface area contributed by atoms with E-state index in [4.69, 9.17) is 15.7 Å². The van der Waals surface area contributed by atoms with E-state index in [0.717, 1.165) is 5.56 Å². The Balaban J connectivity index is 2.90. The van der Waals surface area contributed by atoms with Crippen LogP contribution in [0.3, 0.4) is 0 Å². The lowest BCUT2D eigenvalue weighted by molar-refractivity contribution is 0.0636. The third-order valence-electron chi connectivity index (χ3n) is 2.15. The Morgan fingerprint density at radius 1 is 1.44 bits per heavy atom. The number of aryl methyl sites for hydroxylation is 1. The van der Waals surface area contributed by atoms with Gasteiger partial charge in [-0.15, -0.1) is 0 Å². The van der Waals surface area contributed by atoms with Gasteiger partial charge in [0.2, 0.25) is 0 Å². The molecule has 1 aromatic rings. The number of carbonyl (C=O) groups is 1. The maximum atomic E-state index is 11.6. The Labute approximate surface area is 107 Å². The van der Waals surface area contributed by atoms with Crippen LogP contribution in [0.15, 0.2) is 12.1 Å². The smallest absolute Gasteiger partial charge is 0.412 e. The van der Waals surface area contributed by atoms with Gasteiger partial charge in [-0.25, -0.2) is 4.79 Å². The topological polar surface area (TPSA) is 88.1 Å². The fourth-order valence-corrected chi connectivity index (χ4v) is 1.38. The zero-order chi connectivity index (χ0) is 13.9. The molecule has 3 N–H and O–H groups in total. The SMILES string of the molecule is Cc1cc(NC(=O)OC(C)(C)C)cc(C#N)c1N. The summed E-state index contributed by atoms with van der Waals surface area (Å²) >= 11 is 0. The first-order valence-corrected chi connectivity index (χ1v) is 5.53. The third-order valence-corrected chi connectivity index (χ3v) is 2.15. The number of nitriles is 1. The zero-order valence-electron chi connectivity index (χ0n) is 11.0. The van der Waals surface area contributed by atoms with Crippen molar-refractivity contribution < 1.29 is 9.53 Å². The number of benzene rings is 1. The van der Waals surface area contributed by atoms with Gasteiger partial charge in [0, 0.05) is 5.69 Å². The molecule has 0 aliphatic heterocycles. The minimum absolute atomic E-state index is 0.334. The van der Waals surface area contributed by atoms with Crippen LogP contribution >= 0.6 is 0 Å². The van der Waals surface area contributed by atoms with Crippen LogP contribution in [0.5, 0.6) is 0 Å². The maximum absolute atomic E-state index is 11.6. The molecule has 0 fully saturated rings. The predicted molar refractivity (Wildman–Crippen MR) is 70.2 cm³/mol. The van der Waals surface area contributed by atoms with E-state index in [9.17, 15) is 4.79 Å². The molecule has 0 heterocycles. The molecule has 0 spiro atoms. The minimum atomic E-state index is -0.564. The highest BCUT2D eigenvalue weighted by atomic mass is 16.6. The van der Waals surface area contributed by atoms with Crippen LogP contribution < -0.4 is 11.1 Å². The lowest BCUT2D eigenvalue weighted by Crippen LogP contribution is -2.27. The zero-order valence-corrected chi connectivity index (χ0v) is 11.0. The third kappa shape index (κ3) is 3.67. The van der Waals surface area contributed by atoms with Gasteiger partial charge in [0.05, 0.1) is 11.3 Å². The average molecular weight is 247 g/mol. The van der Waals surface area contributed by atoms with Crippen LogP contribution in [0.1, 0.15) is 31.9 Å².